The molecule has 9 rings (SSSR count). The van der Waals surface area contributed by atoms with E-state index in [9.17, 15) is 23.4 Å². The number of rotatable bonds is 16. The van der Waals surface area contributed by atoms with E-state index in [2.05, 4.69) is 72.9 Å². The standard InChI is InChI=1S/C57H67ClN6O5S2/c1-39-34-50(24-25-51(39)59-46(19-14-41-36-57(4,67)37-41)38-70-49-12-7-6-8-13-49)71(68,69)60-45-20-22-47(23-21-45)62-30-32-63(33-31-62)48-11-9-10-43(35-48)53-52(55(65)64-28-26-56(3,66)27-29-64)40(2)61(5)54(53)42-15-17-44(58)18-16-42/h6-13,15-18,20-25,34-35,41,46,59-60,66-67H,14,19,26-33,36-38H2,1-5H3/t41?,46-,57?/m1/s1. The van der Waals surface area contributed by atoms with Crippen LogP contribution >= 0.6 is 23.4 Å². The molecule has 0 unspecified atom stereocenters. The highest BCUT2D eigenvalue weighted by Crippen LogP contribution is 2.43. The molecular weight excluding hydrogens is 948 g/mol. The topological polar surface area (TPSA) is 130 Å². The van der Waals surface area contributed by atoms with Gasteiger partial charge in [0, 0.05) is 102 Å². The number of likely N-dealkylation sites (tertiary alicyclic amines) is 1. The molecule has 3 heterocycles. The zero-order chi connectivity index (χ0) is 50.1. The second-order valence-corrected chi connectivity index (χ2v) is 23.7. The van der Waals surface area contributed by atoms with Crippen LogP contribution in [0.5, 0.6) is 0 Å². The van der Waals surface area contributed by atoms with Gasteiger partial charge >= 0.3 is 0 Å². The maximum absolute atomic E-state index is 14.5. The molecule has 5 aromatic carbocycles. The number of benzene rings is 5. The van der Waals surface area contributed by atoms with Gasteiger partial charge in [-0.1, -0.05) is 54.1 Å². The van der Waals surface area contributed by atoms with Crippen molar-refractivity contribution in [3.05, 3.63) is 143 Å². The number of sulfonamides is 1. The first-order valence-corrected chi connectivity index (χ1v) is 27.7. The third-order valence-electron chi connectivity index (χ3n) is 14.9. The first kappa shape index (κ1) is 50.5. The lowest BCUT2D eigenvalue weighted by Crippen LogP contribution is -2.46. The van der Waals surface area contributed by atoms with Gasteiger partial charge in [0.05, 0.1) is 27.4 Å². The largest absolute Gasteiger partial charge is 0.390 e. The molecule has 14 heteroatoms. The van der Waals surface area contributed by atoms with Gasteiger partial charge in [0.25, 0.3) is 15.9 Å². The highest BCUT2D eigenvalue weighted by molar-refractivity contribution is 7.99. The van der Waals surface area contributed by atoms with Crippen LogP contribution < -0.4 is 19.8 Å². The molecule has 0 bridgehead atoms. The summed E-state index contributed by atoms with van der Waals surface area (Å²) >= 11 is 8.16. The van der Waals surface area contributed by atoms with Crippen LogP contribution in [0.3, 0.4) is 0 Å². The number of amides is 1. The Morgan fingerprint density at radius 3 is 2.08 bits per heavy atom. The monoisotopic (exact) mass is 1010 g/mol. The van der Waals surface area contributed by atoms with Crippen LogP contribution in [0.4, 0.5) is 22.7 Å². The van der Waals surface area contributed by atoms with Gasteiger partial charge in [0.1, 0.15) is 0 Å². The molecule has 1 atom stereocenters. The number of anilines is 4. The van der Waals surface area contributed by atoms with Gasteiger partial charge in [-0.3, -0.25) is 9.52 Å². The van der Waals surface area contributed by atoms with Gasteiger partial charge in [-0.15, -0.1) is 11.8 Å². The van der Waals surface area contributed by atoms with Crippen LogP contribution in [-0.4, -0.2) is 96.3 Å². The molecule has 1 aliphatic carbocycles. The van der Waals surface area contributed by atoms with E-state index in [0.717, 1.165) is 108 Å². The lowest BCUT2D eigenvalue weighted by Gasteiger charge is -2.41. The summed E-state index contributed by atoms with van der Waals surface area (Å²) in [6.07, 6.45) is 4.74. The first-order valence-electron chi connectivity index (χ1n) is 24.9. The first-order chi connectivity index (χ1) is 33.9. The number of aryl methyl sites for hydroxylation is 1. The van der Waals surface area contributed by atoms with Crippen molar-refractivity contribution in [3.8, 4) is 22.4 Å². The summed E-state index contributed by atoms with van der Waals surface area (Å²) < 4.78 is 32.4. The Bertz CT molecular complexity index is 2940. The molecular formula is C57H67ClN6O5S2. The number of nitrogens with zero attached hydrogens (tertiary/aromatic N) is 4. The fourth-order valence-corrected chi connectivity index (χ4v) is 12.9. The summed E-state index contributed by atoms with van der Waals surface area (Å²) in [7, 11) is -1.84. The van der Waals surface area contributed by atoms with Crippen LogP contribution in [0.15, 0.2) is 131 Å². The van der Waals surface area contributed by atoms with Crippen LogP contribution in [0, 0.1) is 19.8 Å². The van der Waals surface area contributed by atoms with E-state index < -0.39 is 21.2 Å². The van der Waals surface area contributed by atoms with Crippen LogP contribution in [0.25, 0.3) is 22.4 Å². The molecule has 11 nitrogen and oxygen atoms in total. The van der Waals surface area contributed by atoms with E-state index in [4.69, 9.17) is 11.6 Å². The van der Waals surface area contributed by atoms with Crippen LogP contribution in [0.1, 0.15) is 74.0 Å². The number of halogens is 1. The Morgan fingerprint density at radius 2 is 1.44 bits per heavy atom. The van der Waals surface area contributed by atoms with E-state index in [1.165, 1.54) is 4.90 Å². The quantitative estimate of drug-likeness (QED) is 0.0700. The number of carbonyl (C=O) groups excluding carboxylic acids is 1. The molecule has 0 radical (unpaired) electrons. The van der Waals surface area contributed by atoms with E-state index in [-0.39, 0.29) is 16.8 Å². The van der Waals surface area contributed by atoms with E-state index in [1.54, 1.807) is 12.1 Å². The molecule has 2 aliphatic heterocycles. The maximum Gasteiger partial charge on any atom is 0.261 e. The second kappa shape index (κ2) is 21.0. The highest BCUT2D eigenvalue weighted by atomic mass is 35.5. The summed E-state index contributed by atoms with van der Waals surface area (Å²) in [5.74, 6) is 1.37. The third kappa shape index (κ3) is 11.8. The van der Waals surface area contributed by atoms with Crippen molar-refractivity contribution in [2.75, 3.05) is 64.9 Å². The highest BCUT2D eigenvalue weighted by Gasteiger charge is 2.38. The summed E-state index contributed by atoms with van der Waals surface area (Å²) in [6.45, 7) is 11.8. The SMILES string of the molecule is Cc1cc(S(=O)(=O)Nc2ccc(N3CCN(c4cccc(-c5c(C(=O)N6CCC(C)(O)CC6)c(C)n(C)c5-c5ccc(Cl)cc5)c4)CC3)cc2)ccc1N[C@H](CCC1CC(C)(O)C1)CSc1ccccc1. The fourth-order valence-electron chi connectivity index (χ4n) is 10.6. The van der Waals surface area contributed by atoms with E-state index in [1.807, 2.05) is 112 Å². The average molecular weight is 1020 g/mol. The van der Waals surface area contributed by atoms with Crippen LogP contribution in [-0.2, 0) is 17.1 Å². The number of aliphatic hydroxyl groups is 2. The van der Waals surface area contributed by atoms with Crippen molar-refractivity contribution >= 4 is 62.0 Å². The second-order valence-electron chi connectivity index (χ2n) is 20.5. The molecule has 374 valence electrons. The zero-order valence-electron chi connectivity index (χ0n) is 41.5. The Balaban J connectivity index is 0.847. The van der Waals surface area contributed by atoms with Crippen molar-refractivity contribution in [2.24, 2.45) is 13.0 Å². The Kier molecular flexibility index (Phi) is 14.9. The number of hydrogen-bond donors (Lipinski definition) is 4. The van der Waals surface area contributed by atoms with E-state index in [0.29, 0.717) is 48.1 Å². The smallest absolute Gasteiger partial charge is 0.261 e. The maximum atomic E-state index is 14.5. The van der Waals surface area contributed by atoms with Gasteiger partial charge < -0.3 is 34.8 Å². The normalized spacial score (nSPS) is 19.5. The molecule has 6 aromatic rings. The molecule has 1 aromatic heterocycles. The molecule has 4 N–H and O–H groups in total. The van der Waals surface area contributed by atoms with Gasteiger partial charge in [-0.25, -0.2) is 8.42 Å². The number of carbonyl (C=O) groups is 1. The summed E-state index contributed by atoms with van der Waals surface area (Å²) in [5, 5.41) is 25.3. The van der Waals surface area contributed by atoms with E-state index >= 15 is 0 Å². The van der Waals surface area contributed by atoms with Crippen molar-refractivity contribution < 1.29 is 23.4 Å². The third-order valence-corrected chi connectivity index (χ3v) is 17.7. The minimum atomic E-state index is -3.86. The number of aromatic nitrogens is 1. The molecule has 1 amide bonds. The minimum Gasteiger partial charge on any atom is -0.390 e. The van der Waals surface area contributed by atoms with Crippen molar-refractivity contribution in [3.63, 3.8) is 0 Å². The number of thioether (sulfide) groups is 1. The lowest BCUT2D eigenvalue weighted by molar-refractivity contribution is -0.0599. The van der Waals surface area contributed by atoms with Crippen molar-refractivity contribution in [1.82, 2.24) is 9.47 Å². The summed E-state index contributed by atoms with van der Waals surface area (Å²) in [5.41, 5.74) is 8.38. The Hall–Kier alpha value is -5.44. The fraction of sp³-hybridized carbons (Fsp3) is 0.386. The lowest BCUT2D eigenvalue weighted by atomic mass is 9.70. The summed E-state index contributed by atoms with van der Waals surface area (Å²) in [6, 6.07) is 39.7. The van der Waals surface area contributed by atoms with Crippen LogP contribution in [0.2, 0.25) is 5.02 Å². The van der Waals surface area contributed by atoms with Crippen molar-refractivity contribution in [2.45, 2.75) is 93.3 Å². The molecule has 2 saturated heterocycles. The predicted molar refractivity (Wildman–Crippen MR) is 292 cm³/mol. The van der Waals surface area contributed by atoms with Gasteiger partial charge in [0.15, 0.2) is 0 Å². The molecule has 3 fully saturated rings. The predicted octanol–water partition coefficient (Wildman–Crippen LogP) is 11.3. The summed E-state index contributed by atoms with van der Waals surface area (Å²) in [4.78, 5) is 22.5. The number of hydrogen-bond acceptors (Lipinski definition) is 9. The number of piperidine rings is 1. The van der Waals surface area contributed by atoms with Crippen molar-refractivity contribution in [1.29, 1.82) is 0 Å². The molecule has 1 saturated carbocycles. The average Bonchev–Trinajstić information content (AvgIpc) is 3.61. The van der Waals surface area contributed by atoms with Gasteiger partial charge in [-0.05, 0) is 168 Å². The van der Waals surface area contributed by atoms with Gasteiger partial charge in [0.2, 0.25) is 0 Å². The molecule has 3 aliphatic rings. The van der Waals surface area contributed by atoms with Gasteiger partial charge in [-0.2, -0.15) is 0 Å². The number of nitrogens with one attached hydrogen (secondary N) is 2. The Morgan fingerprint density at radius 1 is 0.775 bits per heavy atom. The Labute approximate surface area is 429 Å². The minimum absolute atomic E-state index is 0.0233. The zero-order valence-corrected chi connectivity index (χ0v) is 43.9. The molecule has 71 heavy (non-hydrogen) atoms. The molecule has 0 spiro atoms. The number of piperazine rings is 1.